The van der Waals surface area contributed by atoms with E-state index in [9.17, 15) is 14.4 Å². The zero-order chi connectivity index (χ0) is 18.1. The van der Waals surface area contributed by atoms with Crippen LogP contribution in [0.4, 0.5) is 0 Å². The minimum absolute atomic E-state index is 0.0924. The monoisotopic (exact) mass is 343 g/mol. The Morgan fingerprint density at radius 3 is 2.64 bits per heavy atom. The molecule has 7 nitrogen and oxygen atoms in total. The molecule has 0 radical (unpaired) electrons. The number of esters is 1. The van der Waals surface area contributed by atoms with Crippen LogP contribution in [0.1, 0.15) is 30.3 Å². The molecule has 0 fully saturated rings. The number of hydrogen-bond acceptors (Lipinski definition) is 5. The molecule has 1 aliphatic rings. The summed E-state index contributed by atoms with van der Waals surface area (Å²) < 4.78 is 7.67. The highest BCUT2D eigenvalue weighted by Crippen LogP contribution is 2.25. The summed E-state index contributed by atoms with van der Waals surface area (Å²) in [7, 11) is 2.92. The van der Waals surface area contributed by atoms with Gasteiger partial charge < -0.3 is 4.74 Å². The number of fused-ring (bicyclic) bond motifs is 1. The van der Waals surface area contributed by atoms with E-state index >= 15 is 0 Å². The van der Waals surface area contributed by atoms with Crippen molar-refractivity contribution in [1.82, 2.24) is 14.1 Å². The molecule has 0 aromatic carbocycles. The van der Waals surface area contributed by atoms with Gasteiger partial charge in [-0.25, -0.2) is 14.6 Å². The first-order valence-corrected chi connectivity index (χ1v) is 8.29. The van der Waals surface area contributed by atoms with E-state index in [0.29, 0.717) is 18.4 Å². The maximum atomic E-state index is 12.3. The van der Waals surface area contributed by atoms with Gasteiger partial charge in [0.25, 0.3) is 5.56 Å². The molecule has 0 N–H and O–H groups in total. The smallest absolute Gasteiger partial charge is 0.357 e. The minimum Gasteiger partial charge on any atom is -0.461 e. The van der Waals surface area contributed by atoms with Gasteiger partial charge in [-0.3, -0.25) is 13.9 Å². The SMILES string of the molecule is C[C@@H]1CC=CC[C@@H]1COC(=O)c1ccc2c(=O)n(C)c(=O)n(C)c2n1. The zero-order valence-corrected chi connectivity index (χ0v) is 14.6. The van der Waals surface area contributed by atoms with Gasteiger partial charge in [0, 0.05) is 14.1 Å². The van der Waals surface area contributed by atoms with Gasteiger partial charge >= 0.3 is 11.7 Å². The van der Waals surface area contributed by atoms with E-state index in [2.05, 4.69) is 24.1 Å². The molecule has 0 amide bonds. The highest BCUT2D eigenvalue weighted by Gasteiger charge is 2.21. The number of aromatic nitrogens is 3. The van der Waals surface area contributed by atoms with Crippen LogP contribution >= 0.6 is 0 Å². The largest absolute Gasteiger partial charge is 0.461 e. The lowest BCUT2D eigenvalue weighted by molar-refractivity contribution is 0.0389. The van der Waals surface area contributed by atoms with Gasteiger partial charge in [0.2, 0.25) is 0 Å². The third kappa shape index (κ3) is 3.14. The predicted octanol–water partition coefficient (Wildman–Crippen LogP) is 1.39. The Morgan fingerprint density at radius 1 is 1.20 bits per heavy atom. The van der Waals surface area contributed by atoms with Crippen molar-refractivity contribution in [2.75, 3.05) is 6.61 Å². The number of ether oxygens (including phenoxy) is 1. The van der Waals surface area contributed by atoms with Crippen LogP contribution in [-0.4, -0.2) is 26.7 Å². The first-order valence-electron chi connectivity index (χ1n) is 8.29. The zero-order valence-electron chi connectivity index (χ0n) is 14.6. The van der Waals surface area contributed by atoms with Gasteiger partial charge in [-0.1, -0.05) is 19.1 Å². The maximum absolute atomic E-state index is 12.3. The van der Waals surface area contributed by atoms with Crippen molar-refractivity contribution in [2.24, 2.45) is 25.9 Å². The summed E-state index contributed by atoms with van der Waals surface area (Å²) in [4.78, 5) is 40.6. The number of allylic oxidation sites excluding steroid dienone is 2. The molecule has 0 saturated heterocycles. The molecule has 2 aromatic rings. The average molecular weight is 343 g/mol. The summed E-state index contributed by atoms with van der Waals surface area (Å²) in [5, 5.41) is 0.284. The number of aryl methyl sites for hydroxylation is 1. The third-order valence-electron chi connectivity index (χ3n) is 4.86. The molecule has 0 spiro atoms. The minimum atomic E-state index is -0.545. The second-order valence-corrected chi connectivity index (χ2v) is 6.55. The van der Waals surface area contributed by atoms with Gasteiger partial charge in [-0.15, -0.1) is 0 Å². The Labute approximate surface area is 144 Å². The number of pyridine rings is 1. The van der Waals surface area contributed by atoms with Crippen LogP contribution in [0, 0.1) is 11.8 Å². The molecule has 0 bridgehead atoms. The Kier molecular flexibility index (Phi) is 4.57. The average Bonchev–Trinajstić information content (AvgIpc) is 2.63. The molecular formula is C18H21N3O4. The lowest BCUT2D eigenvalue weighted by Crippen LogP contribution is -2.37. The maximum Gasteiger partial charge on any atom is 0.357 e. The molecule has 0 unspecified atom stereocenters. The number of hydrogen-bond donors (Lipinski definition) is 0. The molecule has 25 heavy (non-hydrogen) atoms. The van der Waals surface area contributed by atoms with Crippen molar-refractivity contribution >= 4 is 17.0 Å². The van der Waals surface area contributed by atoms with Crippen LogP contribution in [0.2, 0.25) is 0 Å². The number of carbonyl (C=O) groups is 1. The van der Waals surface area contributed by atoms with E-state index in [0.717, 1.165) is 17.4 Å². The summed E-state index contributed by atoms with van der Waals surface area (Å²) in [6, 6.07) is 2.97. The highest BCUT2D eigenvalue weighted by atomic mass is 16.5. The van der Waals surface area contributed by atoms with Crippen LogP contribution in [0.3, 0.4) is 0 Å². The quantitative estimate of drug-likeness (QED) is 0.621. The summed E-state index contributed by atoms with van der Waals surface area (Å²) >= 11 is 0. The van der Waals surface area contributed by atoms with Crippen LogP contribution in [0.15, 0.2) is 33.9 Å². The highest BCUT2D eigenvalue weighted by molar-refractivity contribution is 5.90. The Bertz CT molecular complexity index is 971. The normalized spacial score (nSPS) is 20.0. The summed E-state index contributed by atoms with van der Waals surface area (Å²) in [5.74, 6) is 0.217. The second-order valence-electron chi connectivity index (χ2n) is 6.55. The number of nitrogens with zero attached hydrogens (tertiary/aromatic N) is 3. The molecule has 2 atom stereocenters. The van der Waals surface area contributed by atoms with Crippen molar-refractivity contribution < 1.29 is 9.53 Å². The van der Waals surface area contributed by atoms with Crippen LogP contribution in [0.5, 0.6) is 0 Å². The van der Waals surface area contributed by atoms with Crippen molar-refractivity contribution in [3.63, 3.8) is 0 Å². The molecule has 0 aliphatic heterocycles. The van der Waals surface area contributed by atoms with Crippen molar-refractivity contribution in [3.8, 4) is 0 Å². The van der Waals surface area contributed by atoms with E-state index in [4.69, 9.17) is 4.74 Å². The second kappa shape index (κ2) is 6.66. The Hall–Kier alpha value is -2.70. The van der Waals surface area contributed by atoms with E-state index < -0.39 is 17.2 Å². The van der Waals surface area contributed by atoms with Crippen molar-refractivity contribution in [2.45, 2.75) is 19.8 Å². The van der Waals surface area contributed by atoms with Gasteiger partial charge in [0.15, 0.2) is 5.69 Å². The number of carbonyl (C=O) groups excluding carboxylic acids is 1. The standard InChI is InChI=1S/C18H21N3O4/c1-11-6-4-5-7-12(11)10-25-17(23)14-9-8-13-15(19-14)20(2)18(24)21(3)16(13)22/h4-5,8-9,11-12H,6-7,10H2,1-3H3/t11-,12-/m1/s1. The lowest BCUT2D eigenvalue weighted by Gasteiger charge is -2.24. The van der Waals surface area contributed by atoms with Crippen LogP contribution in [-0.2, 0) is 18.8 Å². The van der Waals surface area contributed by atoms with Crippen molar-refractivity contribution in [3.05, 3.63) is 50.8 Å². The fourth-order valence-electron chi connectivity index (χ4n) is 3.06. The summed E-state index contributed by atoms with van der Waals surface area (Å²) in [6.45, 7) is 2.47. The van der Waals surface area contributed by atoms with Gasteiger partial charge in [-0.2, -0.15) is 0 Å². The number of rotatable bonds is 3. The van der Waals surface area contributed by atoms with Crippen LogP contribution in [0.25, 0.3) is 11.0 Å². The fourth-order valence-corrected chi connectivity index (χ4v) is 3.06. The molecular weight excluding hydrogens is 322 g/mol. The molecule has 3 rings (SSSR count). The van der Waals surface area contributed by atoms with E-state index in [1.165, 1.54) is 30.8 Å². The molecule has 132 valence electrons. The lowest BCUT2D eigenvalue weighted by atomic mass is 9.85. The van der Waals surface area contributed by atoms with Gasteiger partial charge in [-0.05, 0) is 36.8 Å². The van der Waals surface area contributed by atoms with E-state index in [1.54, 1.807) is 0 Å². The van der Waals surface area contributed by atoms with Crippen LogP contribution < -0.4 is 11.2 Å². The Balaban J connectivity index is 1.86. The summed E-state index contributed by atoms with van der Waals surface area (Å²) in [6.07, 6.45) is 6.14. The van der Waals surface area contributed by atoms with Gasteiger partial charge in [0.1, 0.15) is 5.65 Å². The molecule has 2 heterocycles. The van der Waals surface area contributed by atoms with E-state index in [-0.39, 0.29) is 16.7 Å². The topological polar surface area (TPSA) is 83.2 Å². The molecule has 2 aromatic heterocycles. The molecule has 1 aliphatic carbocycles. The Morgan fingerprint density at radius 2 is 1.92 bits per heavy atom. The summed E-state index contributed by atoms with van der Waals surface area (Å²) in [5.41, 5.74) is -0.655. The van der Waals surface area contributed by atoms with Crippen molar-refractivity contribution in [1.29, 1.82) is 0 Å². The first kappa shape index (κ1) is 17.1. The van der Waals surface area contributed by atoms with Gasteiger partial charge in [0.05, 0.1) is 12.0 Å². The fraction of sp³-hybridized carbons (Fsp3) is 0.444. The van der Waals surface area contributed by atoms with E-state index in [1.807, 2.05) is 0 Å². The first-order chi connectivity index (χ1) is 11.9. The molecule has 7 heteroatoms. The predicted molar refractivity (Wildman–Crippen MR) is 93.5 cm³/mol. The molecule has 0 saturated carbocycles. The third-order valence-corrected chi connectivity index (χ3v) is 4.86.